The first-order chi connectivity index (χ1) is 12.6. The molecule has 26 heavy (non-hydrogen) atoms. The molecule has 6 nitrogen and oxygen atoms in total. The minimum atomic E-state index is 0.0300. The van der Waals surface area contributed by atoms with Crippen LogP contribution in [-0.4, -0.2) is 59.4 Å². The number of carbonyl (C=O) groups excluding carboxylic acids is 2. The van der Waals surface area contributed by atoms with Crippen LogP contribution in [-0.2, 0) is 20.9 Å². The molecule has 0 aromatic carbocycles. The number of hydrogen-bond acceptors (Lipinski definition) is 4. The topological polar surface area (TPSA) is 62.7 Å². The summed E-state index contributed by atoms with van der Waals surface area (Å²) in [5, 5.41) is 0. The molecular weight excluding hydrogens is 330 g/mol. The number of piperidine rings is 2. The van der Waals surface area contributed by atoms with Crippen LogP contribution in [0.2, 0.25) is 0 Å². The van der Waals surface area contributed by atoms with Crippen molar-refractivity contribution in [3.63, 3.8) is 0 Å². The van der Waals surface area contributed by atoms with Crippen molar-refractivity contribution >= 4 is 11.8 Å². The highest BCUT2D eigenvalue weighted by atomic mass is 16.5. The highest BCUT2D eigenvalue weighted by Crippen LogP contribution is 2.39. The lowest BCUT2D eigenvalue weighted by Gasteiger charge is -2.48. The molecular formula is C20H29N3O3. The van der Waals surface area contributed by atoms with E-state index in [1.54, 1.807) is 6.20 Å². The van der Waals surface area contributed by atoms with Crippen molar-refractivity contribution in [2.45, 2.75) is 45.6 Å². The Hall–Kier alpha value is -1.95. The normalized spacial score (nSPS) is 23.5. The van der Waals surface area contributed by atoms with E-state index in [0.717, 1.165) is 44.6 Å². The molecule has 1 aromatic rings. The van der Waals surface area contributed by atoms with Crippen molar-refractivity contribution in [2.75, 3.05) is 32.8 Å². The van der Waals surface area contributed by atoms with Crippen LogP contribution in [0.25, 0.3) is 0 Å². The molecule has 0 N–H and O–H groups in total. The highest BCUT2D eigenvalue weighted by Gasteiger charge is 2.42. The number of likely N-dealkylation sites (tertiary alicyclic amines) is 2. The van der Waals surface area contributed by atoms with Gasteiger partial charge >= 0.3 is 0 Å². The standard InChI is InChI=1S/C20H29N3O3/c1-2-26-13-8-19(25)22-12-5-9-20(15-22)10-7-18(24)23(16-20)14-17-6-3-4-11-21-17/h3-4,6,11H,2,5,7-10,12-16H2,1H3/t20-/m0/s1. The second-order valence-electron chi connectivity index (χ2n) is 7.44. The van der Waals surface area contributed by atoms with Crippen LogP contribution in [0, 0.1) is 5.41 Å². The van der Waals surface area contributed by atoms with E-state index in [1.807, 2.05) is 34.9 Å². The first kappa shape index (κ1) is 18.8. The van der Waals surface area contributed by atoms with Gasteiger partial charge < -0.3 is 14.5 Å². The molecule has 0 radical (unpaired) electrons. The number of rotatable bonds is 6. The third-order valence-corrected chi connectivity index (χ3v) is 5.51. The molecule has 1 atom stereocenters. The van der Waals surface area contributed by atoms with Crippen molar-refractivity contribution in [3.05, 3.63) is 30.1 Å². The van der Waals surface area contributed by atoms with Crippen LogP contribution in [0.3, 0.4) is 0 Å². The van der Waals surface area contributed by atoms with Crippen LogP contribution >= 0.6 is 0 Å². The number of amides is 2. The molecule has 3 rings (SSSR count). The van der Waals surface area contributed by atoms with Gasteiger partial charge in [0.2, 0.25) is 11.8 Å². The zero-order valence-corrected chi connectivity index (χ0v) is 15.7. The molecule has 0 bridgehead atoms. The van der Waals surface area contributed by atoms with E-state index in [0.29, 0.717) is 32.6 Å². The van der Waals surface area contributed by atoms with E-state index in [4.69, 9.17) is 4.74 Å². The molecule has 3 heterocycles. The van der Waals surface area contributed by atoms with E-state index in [9.17, 15) is 9.59 Å². The Bertz CT molecular complexity index is 622. The third kappa shape index (κ3) is 4.61. The molecule has 2 amide bonds. The van der Waals surface area contributed by atoms with Gasteiger partial charge in [0, 0.05) is 44.3 Å². The fourth-order valence-electron chi connectivity index (χ4n) is 4.15. The second kappa shape index (κ2) is 8.62. The Morgan fingerprint density at radius 3 is 2.96 bits per heavy atom. The Kier molecular flexibility index (Phi) is 6.25. The average Bonchev–Trinajstić information content (AvgIpc) is 2.66. The Morgan fingerprint density at radius 1 is 1.31 bits per heavy atom. The van der Waals surface area contributed by atoms with Gasteiger partial charge in [0.05, 0.1) is 25.3 Å². The van der Waals surface area contributed by atoms with Gasteiger partial charge in [-0.05, 0) is 38.3 Å². The van der Waals surface area contributed by atoms with Gasteiger partial charge in [0.25, 0.3) is 0 Å². The Morgan fingerprint density at radius 2 is 2.19 bits per heavy atom. The maximum atomic E-state index is 12.5. The molecule has 142 valence electrons. The molecule has 0 unspecified atom stereocenters. The summed E-state index contributed by atoms with van der Waals surface area (Å²) < 4.78 is 5.32. The summed E-state index contributed by atoms with van der Waals surface area (Å²) in [6.45, 7) is 5.92. The van der Waals surface area contributed by atoms with Gasteiger partial charge in [-0.15, -0.1) is 0 Å². The van der Waals surface area contributed by atoms with Crippen LogP contribution in [0.15, 0.2) is 24.4 Å². The minimum absolute atomic E-state index is 0.0300. The average molecular weight is 359 g/mol. The van der Waals surface area contributed by atoms with E-state index in [2.05, 4.69) is 4.98 Å². The maximum absolute atomic E-state index is 12.5. The summed E-state index contributed by atoms with van der Waals surface area (Å²) in [6.07, 6.45) is 5.73. The van der Waals surface area contributed by atoms with Gasteiger partial charge in [-0.1, -0.05) is 6.07 Å². The molecule has 0 aliphatic carbocycles. The second-order valence-corrected chi connectivity index (χ2v) is 7.44. The molecule has 0 saturated carbocycles. The van der Waals surface area contributed by atoms with Crippen LogP contribution in [0.4, 0.5) is 0 Å². The van der Waals surface area contributed by atoms with E-state index in [-0.39, 0.29) is 17.2 Å². The van der Waals surface area contributed by atoms with E-state index >= 15 is 0 Å². The summed E-state index contributed by atoms with van der Waals surface area (Å²) >= 11 is 0. The lowest BCUT2D eigenvalue weighted by Crippen LogP contribution is -2.55. The number of hydrogen-bond donors (Lipinski definition) is 0. The fourth-order valence-corrected chi connectivity index (χ4v) is 4.15. The van der Waals surface area contributed by atoms with Gasteiger partial charge in [-0.25, -0.2) is 0 Å². The monoisotopic (exact) mass is 359 g/mol. The lowest BCUT2D eigenvalue weighted by molar-refractivity contribution is -0.144. The van der Waals surface area contributed by atoms with E-state index in [1.165, 1.54) is 0 Å². The van der Waals surface area contributed by atoms with Crippen molar-refractivity contribution in [3.8, 4) is 0 Å². The molecule has 2 saturated heterocycles. The number of ether oxygens (including phenoxy) is 1. The summed E-state index contributed by atoms with van der Waals surface area (Å²) in [4.78, 5) is 33.2. The lowest BCUT2D eigenvalue weighted by atomic mass is 9.73. The Labute approximate surface area is 155 Å². The molecule has 2 aliphatic rings. The van der Waals surface area contributed by atoms with Crippen LogP contribution in [0.5, 0.6) is 0 Å². The van der Waals surface area contributed by atoms with Crippen LogP contribution in [0.1, 0.15) is 44.7 Å². The largest absolute Gasteiger partial charge is 0.381 e. The van der Waals surface area contributed by atoms with Crippen molar-refractivity contribution in [1.82, 2.24) is 14.8 Å². The SMILES string of the molecule is CCOCCC(=O)N1CCC[C@]2(CCC(=O)N(Cc3ccccn3)C2)C1. The smallest absolute Gasteiger partial charge is 0.224 e. The maximum Gasteiger partial charge on any atom is 0.224 e. The number of carbonyl (C=O) groups is 2. The van der Waals surface area contributed by atoms with Crippen molar-refractivity contribution in [1.29, 1.82) is 0 Å². The third-order valence-electron chi connectivity index (χ3n) is 5.51. The fraction of sp³-hybridized carbons (Fsp3) is 0.650. The van der Waals surface area contributed by atoms with Crippen LogP contribution < -0.4 is 0 Å². The molecule has 6 heteroatoms. The summed E-state index contributed by atoms with van der Waals surface area (Å²) in [5.41, 5.74) is 0.945. The molecule has 2 aliphatic heterocycles. The predicted molar refractivity (Wildman–Crippen MR) is 98.2 cm³/mol. The van der Waals surface area contributed by atoms with Gasteiger partial charge in [-0.2, -0.15) is 0 Å². The quantitative estimate of drug-likeness (QED) is 0.731. The number of nitrogens with zero attached hydrogens (tertiary/aromatic N) is 3. The summed E-state index contributed by atoms with van der Waals surface area (Å²) in [5.74, 6) is 0.367. The van der Waals surface area contributed by atoms with Crippen molar-refractivity contribution in [2.24, 2.45) is 5.41 Å². The molecule has 1 aromatic heterocycles. The molecule has 1 spiro atoms. The predicted octanol–water partition coefficient (Wildman–Crippen LogP) is 2.24. The van der Waals surface area contributed by atoms with E-state index < -0.39 is 0 Å². The molecule has 2 fully saturated rings. The van der Waals surface area contributed by atoms with Crippen molar-refractivity contribution < 1.29 is 14.3 Å². The Balaban J connectivity index is 1.62. The first-order valence-electron chi connectivity index (χ1n) is 9.65. The van der Waals surface area contributed by atoms with Gasteiger partial charge in [0.1, 0.15) is 0 Å². The number of pyridine rings is 1. The first-order valence-corrected chi connectivity index (χ1v) is 9.65. The highest BCUT2D eigenvalue weighted by molar-refractivity contribution is 5.78. The summed E-state index contributed by atoms with van der Waals surface area (Å²) in [7, 11) is 0. The minimum Gasteiger partial charge on any atom is -0.381 e. The summed E-state index contributed by atoms with van der Waals surface area (Å²) in [6, 6.07) is 5.79. The van der Waals surface area contributed by atoms with Gasteiger partial charge in [-0.3, -0.25) is 14.6 Å². The zero-order valence-electron chi connectivity index (χ0n) is 15.7. The zero-order chi connectivity index (χ0) is 18.4. The van der Waals surface area contributed by atoms with Gasteiger partial charge in [0.15, 0.2) is 0 Å². The number of aromatic nitrogens is 1.